The van der Waals surface area contributed by atoms with Crippen molar-refractivity contribution in [1.29, 1.82) is 0 Å². The van der Waals surface area contributed by atoms with Gasteiger partial charge < -0.3 is 10.2 Å². The van der Waals surface area contributed by atoms with Crippen LogP contribution in [0.5, 0.6) is 0 Å². The maximum atomic E-state index is 12.4. The molecule has 0 saturated carbocycles. The topological polar surface area (TPSA) is 32.3 Å². The van der Waals surface area contributed by atoms with E-state index in [0.29, 0.717) is 6.04 Å². The second kappa shape index (κ2) is 5.19. The fourth-order valence-electron chi connectivity index (χ4n) is 2.13. The number of nitrogens with one attached hydrogen (secondary N) is 1. The first kappa shape index (κ1) is 12.6. The fourth-order valence-corrected chi connectivity index (χ4v) is 2.55. The zero-order chi connectivity index (χ0) is 12.4. The molecule has 0 aromatic heterocycles. The molecular formula is C13H17BrN2O. The monoisotopic (exact) mass is 296 g/mol. The molecular weight excluding hydrogens is 280 g/mol. The molecule has 1 saturated heterocycles. The molecule has 0 radical (unpaired) electrons. The van der Waals surface area contributed by atoms with Gasteiger partial charge in [-0.15, -0.1) is 0 Å². The number of benzene rings is 1. The van der Waals surface area contributed by atoms with Crippen molar-refractivity contribution >= 4 is 21.8 Å². The van der Waals surface area contributed by atoms with Crippen molar-refractivity contribution in [2.24, 2.45) is 0 Å². The number of carbonyl (C=O) groups is 1. The third-order valence-corrected chi connectivity index (χ3v) is 3.95. The highest BCUT2D eigenvalue weighted by atomic mass is 79.9. The first-order valence-corrected chi connectivity index (χ1v) is 6.63. The molecule has 1 N–H and O–H groups in total. The third-order valence-electron chi connectivity index (χ3n) is 3.25. The zero-order valence-corrected chi connectivity index (χ0v) is 11.8. The van der Waals surface area contributed by atoms with Gasteiger partial charge in [0, 0.05) is 24.1 Å². The zero-order valence-electron chi connectivity index (χ0n) is 10.2. The second-order valence-corrected chi connectivity index (χ2v) is 5.40. The number of aryl methyl sites for hydroxylation is 1. The van der Waals surface area contributed by atoms with Gasteiger partial charge in [-0.2, -0.15) is 0 Å². The molecule has 3 nitrogen and oxygen atoms in total. The molecule has 1 aliphatic heterocycles. The molecule has 17 heavy (non-hydrogen) atoms. The summed E-state index contributed by atoms with van der Waals surface area (Å²) in [5.41, 5.74) is 1.86. The molecule has 0 aliphatic carbocycles. The lowest BCUT2D eigenvalue weighted by molar-refractivity contribution is 0.0743. The van der Waals surface area contributed by atoms with Crippen molar-refractivity contribution in [3.8, 4) is 0 Å². The molecule has 92 valence electrons. The molecule has 1 amide bonds. The Kier molecular flexibility index (Phi) is 3.84. The smallest absolute Gasteiger partial charge is 0.255 e. The number of hydrogen-bond donors (Lipinski definition) is 1. The van der Waals surface area contributed by atoms with Crippen molar-refractivity contribution in [3.63, 3.8) is 0 Å². The number of amides is 1. The van der Waals surface area contributed by atoms with E-state index in [4.69, 9.17) is 0 Å². The molecule has 1 unspecified atom stereocenters. The lowest BCUT2D eigenvalue weighted by atomic mass is 10.1. The van der Waals surface area contributed by atoms with Gasteiger partial charge in [0.15, 0.2) is 0 Å². The maximum Gasteiger partial charge on any atom is 0.255 e. The average molecular weight is 297 g/mol. The Labute approximate surface area is 110 Å². The van der Waals surface area contributed by atoms with Gasteiger partial charge in [-0.25, -0.2) is 0 Å². The summed E-state index contributed by atoms with van der Waals surface area (Å²) < 4.78 is 0.867. The highest BCUT2D eigenvalue weighted by Gasteiger charge is 2.25. The number of halogens is 1. The van der Waals surface area contributed by atoms with E-state index in [1.165, 1.54) is 0 Å². The standard InChI is InChI=1S/C13H17BrN2O/c1-9-3-4-12(14)11(7-9)13(17)16(2)10-5-6-15-8-10/h3-4,7,10,15H,5-6,8H2,1-2H3. The molecule has 1 aromatic rings. The summed E-state index contributed by atoms with van der Waals surface area (Å²) in [5.74, 6) is 0.0919. The molecule has 0 spiro atoms. The Morgan fingerprint density at radius 1 is 1.53 bits per heavy atom. The van der Waals surface area contributed by atoms with Gasteiger partial charge in [-0.1, -0.05) is 11.6 Å². The Morgan fingerprint density at radius 3 is 2.94 bits per heavy atom. The summed E-state index contributed by atoms with van der Waals surface area (Å²) in [6, 6.07) is 6.18. The minimum absolute atomic E-state index is 0.0919. The summed E-state index contributed by atoms with van der Waals surface area (Å²) in [7, 11) is 1.88. The van der Waals surface area contributed by atoms with Gasteiger partial charge in [-0.05, 0) is 48.0 Å². The van der Waals surface area contributed by atoms with Crippen molar-refractivity contribution in [2.45, 2.75) is 19.4 Å². The molecule has 2 rings (SSSR count). The Hall–Kier alpha value is -0.870. The van der Waals surface area contributed by atoms with E-state index in [0.717, 1.165) is 35.1 Å². The van der Waals surface area contributed by atoms with Crippen molar-refractivity contribution in [1.82, 2.24) is 10.2 Å². The Morgan fingerprint density at radius 2 is 2.29 bits per heavy atom. The van der Waals surface area contributed by atoms with Crippen molar-refractivity contribution in [2.75, 3.05) is 20.1 Å². The minimum atomic E-state index is 0.0919. The van der Waals surface area contributed by atoms with E-state index in [9.17, 15) is 4.79 Å². The molecule has 1 aromatic carbocycles. The summed E-state index contributed by atoms with van der Waals surface area (Å²) in [6.45, 7) is 3.89. The molecule has 1 heterocycles. The lowest BCUT2D eigenvalue weighted by Crippen LogP contribution is -2.38. The number of likely N-dealkylation sites (N-methyl/N-ethyl adjacent to an activating group) is 1. The first-order chi connectivity index (χ1) is 8.09. The summed E-state index contributed by atoms with van der Waals surface area (Å²) >= 11 is 3.44. The van der Waals surface area contributed by atoms with Gasteiger partial charge >= 0.3 is 0 Å². The van der Waals surface area contributed by atoms with Crippen LogP contribution in [0.25, 0.3) is 0 Å². The molecule has 1 atom stereocenters. The van der Waals surface area contributed by atoms with Crippen LogP contribution >= 0.6 is 15.9 Å². The van der Waals surface area contributed by atoms with Crippen LogP contribution in [0.2, 0.25) is 0 Å². The molecule has 1 fully saturated rings. The average Bonchev–Trinajstić information content (AvgIpc) is 2.84. The lowest BCUT2D eigenvalue weighted by Gasteiger charge is -2.24. The summed E-state index contributed by atoms with van der Waals surface area (Å²) in [6.07, 6.45) is 1.03. The van der Waals surface area contributed by atoms with E-state index < -0.39 is 0 Å². The first-order valence-electron chi connectivity index (χ1n) is 5.83. The Balaban J connectivity index is 2.20. The van der Waals surface area contributed by atoms with E-state index in [1.807, 2.05) is 37.1 Å². The Bertz CT molecular complexity index is 427. The quantitative estimate of drug-likeness (QED) is 0.907. The SMILES string of the molecule is Cc1ccc(Br)c(C(=O)N(C)C2CCNC2)c1. The van der Waals surface area contributed by atoms with Crippen LogP contribution in [-0.4, -0.2) is 37.0 Å². The largest absolute Gasteiger partial charge is 0.337 e. The van der Waals surface area contributed by atoms with Crippen molar-refractivity contribution in [3.05, 3.63) is 33.8 Å². The van der Waals surface area contributed by atoms with Crippen LogP contribution in [0.3, 0.4) is 0 Å². The van der Waals surface area contributed by atoms with Crippen LogP contribution in [0.1, 0.15) is 22.3 Å². The maximum absolute atomic E-state index is 12.4. The van der Waals surface area contributed by atoms with Crippen LogP contribution in [0.15, 0.2) is 22.7 Å². The highest BCUT2D eigenvalue weighted by molar-refractivity contribution is 9.10. The van der Waals surface area contributed by atoms with E-state index in [-0.39, 0.29) is 5.91 Å². The third kappa shape index (κ3) is 2.69. The predicted molar refractivity (Wildman–Crippen MR) is 72.2 cm³/mol. The fraction of sp³-hybridized carbons (Fsp3) is 0.462. The number of carbonyl (C=O) groups excluding carboxylic acids is 1. The van der Waals surface area contributed by atoms with E-state index in [2.05, 4.69) is 21.2 Å². The molecule has 0 bridgehead atoms. The van der Waals surface area contributed by atoms with Gasteiger partial charge in [0.05, 0.1) is 5.56 Å². The van der Waals surface area contributed by atoms with E-state index >= 15 is 0 Å². The number of nitrogens with zero attached hydrogens (tertiary/aromatic N) is 1. The van der Waals surface area contributed by atoms with Crippen LogP contribution in [0, 0.1) is 6.92 Å². The second-order valence-electron chi connectivity index (χ2n) is 4.55. The van der Waals surface area contributed by atoms with Gasteiger partial charge in [0.25, 0.3) is 5.91 Å². The van der Waals surface area contributed by atoms with Gasteiger partial charge in [-0.3, -0.25) is 4.79 Å². The molecule has 1 aliphatic rings. The van der Waals surface area contributed by atoms with Crippen LogP contribution in [0.4, 0.5) is 0 Å². The highest BCUT2D eigenvalue weighted by Crippen LogP contribution is 2.21. The molecule has 4 heteroatoms. The van der Waals surface area contributed by atoms with Crippen LogP contribution < -0.4 is 5.32 Å². The van der Waals surface area contributed by atoms with Gasteiger partial charge in [0.2, 0.25) is 0 Å². The number of rotatable bonds is 2. The predicted octanol–water partition coefficient (Wildman–Crippen LogP) is 2.19. The van der Waals surface area contributed by atoms with E-state index in [1.54, 1.807) is 0 Å². The number of hydrogen-bond acceptors (Lipinski definition) is 2. The normalized spacial score (nSPS) is 19.4. The van der Waals surface area contributed by atoms with Crippen molar-refractivity contribution < 1.29 is 4.79 Å². The summed E-state index contributed by atoms with van der Waals surface area (Å²) in [4.78, 5) is 14.2. The van der Waals surface area contributed by atoms with Gasteiger partial charge in [0.1, 0.15) is 0 Å². The summed E-state index contributed by atoms with van der Waals surface area (Å²) in [5, 5.41) is 3.28. The van der Waals surface area contributed by atoms with Crippen LogP contribution in [-0.2, 0) is 0 Å². The minimum Gasteiger partial charge on any atom is -0.337 e.